The van der Waals surface area contributed by atoms with Crippen LogP contribution in [0.25, 0.3) is 5.69 Å². The van der Waals surface area contributed by atoms with Gasteiger partial charge in [0.1, 0.15) is 0 Å². The van der Waals surface area contributed by atoms with Crippen molar-refractivity contribution >= 4 is 0 Å². The number of benzene rings is 1. The summed E-state index contributed by atoms with van der Waals surface area (Å²) in [4.78, 5) is 0. The van der Waals surface area contributed by atoms with E-state index in [9.17, 15) is 0 Å². The second kappa shape index (κ2) is 5.75. The molecule has 0 aliphatic carbocycles. The third-order valence-corrected chi connectivity index (χ3v) is 3.02. The number of methoxy groups -OCH3 is 1. The van der Waals surface area contributed by atoms with Gasteiger partial charge in [-0.05, 0) is 18.6 Å². The first kappa shape index (κ1) is 12.7. The molecule has 2 rings (SSSR count). The van der Waals surface area contributed by atoms with Crippen molar-refractivity contribution in [2.24, 2.45) is 5.73 Å². The summed E-state index contributed by atoms with van der Waals surface area (Å²) in [6.07, 6.45) is 2.50. The van der Waals surface area contributed by atoms with Crippen LogP contribution < -0.4 is 5.73 Å². The largest absolute Gasteiger partial charge is 0.379 e. The van der Waals surface area contributed by atoms with Crippen molar-refractivity contribution in [2.45, 2.75) is 25.5 Å². The average molecular weight is 246 g/mol. The molecular weight excluding hydrogens is 228 g/mol. The second-order valence-electron chi connectivity index (χ2n) is 4.11. The van der Waals surface area contributed by atoms with Gasteiger partial charge in [0.25, 0.3) is 0 Å². The smallest absolute Gasteiger partial charge is 0.0839 e. The third kappa shape index (κ3) is 2.42. The highest BCUT2D eigenvalue weighted by Crippen LogP contribution is 2.20. The standard InChI is InChI=1S/C13H18N4O/c1-3-12(18-2)13(14)11-9-15-16-17(11)10-7-5-4-6-8-10/h4-9,12-13H,3,14H2,1-2H3. The van der Waals surface area contributed by atoms with E-state index in [1.54, 1.807) is 18.0 Å². The molecule has 0 aliphatic heterocycles. The van der Waals surface area contributed by atoms with Crippen molar-refractivity contribution in [3.05, 3.63) is 42.2 Å². The van der Waals surface area contributed by atoms with Crippen LogP contribution in [-0.2, 0) is 4.74 Å². The van der Waals surface area contributed by atoms with Crippen molar-refractivity contribution in [1.29, 1.82) is 0 Å². The predicted octanol–water partition coefficient (Wildman–Crippen LogP) is 1.69. The molecule has 5 nitrogen and oxygen atoms in total. The minimum Gasteiger partial charge on any atom is -0.379 e. The van der Waals surface area contributed by atoms with Crippen molar-refractivity contribution in [2.75, 3.05) is 7.11 Å². The number of hydrogen-bond donors (Lipinski definition) is 1. The third-order valence-electron chi connectivity index (χ3n) is 3.02. The summed E-state index contributed by atoms with van der Waals surface area (Å²) in [5.41, 5.74) is 8.02. The van der Waals surface area contributed by atoms with E-state index in [1.807, 2.05) is 37.3 Å². The Kier molecular flexibility index (Phi) is 4.07. The number of hydrogen-bond acceptors (Lipinski definition) is 4. The Balaban J connectivity index is 2.33. The van der Waals surface area contributed by atoms with Gasteiger partial charge in [0.15, 0.2) is 0 Å². The highest BCUT2D eigenvalue weighted by Gasteiger charge is 2.22. The van der Waals surface area contributed by atoms with Crippen LogP contribution >= 0.6 is 0 Å². The Hall–Kier alpha value is -1.72. The molecule has 1 heterocycles. The van der Waals surface area contributed by atoms with Gasteiger partial charge >= 0.3 is 0 Å². The quantitative estimate of drug-likeness (QED) is 0.872. The van der Waals surface area contributed by atoms with Gasteiger partial charge in [0.05, 0.1) is 29.7 Å². The van der Waals surface area contributed by atoms with Crippen LogP contribution in [0.15, 0.2) is 36.5 Å². The molecule has 96 valence electrons. The molecule has 0 fully saturated rings. The lowest BCUT2D eigenvalue weighted by molar-refractivity contribution is 0.0753. The Labute approximate surface area is 107 Å². The SMILES string of the molecule is CCC(OC)C(N)c1cnnn1-c1ccccc1. The van der Waals surface area contributed by atoms with E-state index in [0.29, 0.717) is 0 Å². The van der Waals surface area contributed by atoms with Crippen molar-refractivity contribution in [3.8, 4) is 5.69 Å². The normalized spacial score (nSPS) is 14.4. The summed E-state index contributed by atoms with van der Waals surface area (Å²) in [6, 6.07) is 9.58. The van der Waals surface area contributed by atoms with Crippen LogP contribution in [0, 0.1) is 0 Å². The second-order valence-corrected chi connectivity index (χ2v) is 4.11. The summed E-state index contributed by atoms with van der Waals surface area (Å²) in [6.45, 7) is 2.05. The lowest BCUT2D eigenvalue weighted by atomic mass is 10.1. The predicted molar refractivity (Wildman–Crippen MR) is 69.4 cm³/mol. The van der Waals surface area contributed by atoms with E-state index in [4.69, 9.17) is 10.5 Å². The Bertz CT molecular complexity index is 479. The zero-order chi connectivity index (χ0) is 13.0. The summed E-state index contributed by atoms with van der Waals surface area (Å²) < 4.78 is 7.14. The monoisotopic (exact) mass is 246 g/mol. The number of para-hydroxylation sites is 1. The van der Waals surface area contributed by atoms with Crippen molar-refractivity contribution < 1.29 is 4.74 Å². The molecule has 0 saturated carbocycles. The first-order valence-corrected chi connectivity index (χ1v) is 6.02. The zero-order valence-electron chi connectivity index (χ0n) is 10.7. The van der Waals surface area contributed by atoms with E-state index < -0.39 is 0 Å². The maximum Gasteiger partial charge on any atom is 0.0839 e. The first-order chi connectivity index (χ1) is 8.77. The molecule has 0 spiro atoms. The molecule has 1 aromatic carbocycles. The number of nitrogens with zero attached hydrogens (tertiary/aromatic N) is 3. The fraction of sp³-hybridized carbons (Fsp3) is 0.385. The van der Waals surface area contributed by atoms with Crippen molar-refractivity contribution in [1.82, 2.24) is 15.0 Å². The molecule has 5 heteroatoms. The Morgan fingerprint density at radius 2 is 2.06 bits per heavy atom. The number of ether oxygens (including phenoxy) is 1. The van der Waals surface area contributed by atoms with Crippen LogP contribution in [-0.4, -0.2) is 28.2 Å². The zero-order valence-corrected chi connectivity index (χ0v) is 10.7. The molecule has 0 bridgehead atoms. The van der Waals surface area contributed by atoms with Crippen LogP contribution in [0.1, 0.15) is 25.1 Å². The van der Waals surface area contributed by atoms with E-state index in [1.165, 1.54) is 0 Å². The molecule has 0 saturated heterocycles. The van der Waals surface area contributed by atoms with Gasteiger partial charge < -0.3 is 10.5 Å². The first-order valence-electron chi connectivity index (χ1n) is 6.02. The molecule has 18 heavy (non-hydrogen) atoms. The van der Waals surface area contributed by atoms with E-state index in [0.717, 1.165) is 17.8 Å². The Morgan fingerprint density at radius 1 is 1.33 bits per heavy atom. The van der Waals surface area contributed by atoms with Crippen LogP contribution in [0.5, 0.6) is 0 Å². The lowest BCUT2D eigenvalue weighted by Gasteiger charge is -2.21. The highest BCUT2D eigenvalue weighted by atomic mass is 16.5. The topological polar surface area (TPSA) is 66.0 Å². The number of nitrogens with two attached hydrogens (primary N) is 1. The van der Waals surface area contributed by atoms with Crippen LogP contribution in [0.4, 0.5) is 0 Å². The fourth-order valence-corrected chi connectivity index (χ4v) is 2.00. The Morgan fingerprint density at radius 3 is 2.67 bits per heavy atom. The minimum atomic E-state index is -0.241. The molecule has 0 radical (unpaired) electrons. The number of rotatable bonds is 5. The molecule has 1 aromatic heterocycles. The summed E-state index contributed by atoms with van der Waals surface area (Å²) in [5.74, 6) is 0. The van der Waals surface area contributed by atoms with Gasteiger partial charge in [-0.25, -0.2) is 4.68 Å². The van der Waals surface area contributed by atoms with Gasteiger partial charge in [0.2, 0.25) is 0 Å². The van der Waals surface area contributed by atoms with Crippen LogP contribution in [0.2, 0.25) is 0 Å². The maximum atomic E-state index is 6.22. The minimum absolute atomic E-state index is 0.0361. The van der Waals surface area contributed by atoms with Gasteiger partial charge in [0, 0.05) is 7.11 Å². The molecule has 2 unspecified atom stereocenters. The van der Waals surface area contributed by atoms with Gasteiger partial charge in [-0.1, -0.05) is 30.3 Å². The molecule has 0 amide bonds. The fourth-order valence-electron chi connectivity index (χ4n) is 2.00. The van der Waals surface area contributed by atoms with Gasteiger partial charge in [-0.3, -0.25) is 0 Å². The summed E-state index contributed by atoms with van der Waals surface area (Å²) >= 11 is 0. The van der Waals surface area contributed by atoms with Crippen LogP contribution in [0.3, 0.4) is 0 Å². The molecule has 2 aromatic rings. The highest BCUT2D eigenvalue weighted by molar-refractivity contribution is 5.32. The van der Waals surface area contributed by atoms with E-state index in [-0.39, 0.29) is 12.1 Å². The molecule has 2 N–H and O–H groups in total. The molecular formula is C13H18N4O. The summed E-state index contributed by atoms with van der Waals surface area (Å²) in [5, 5.41) is 8.04. The van der Waals surface area contributed by atoms with E-state index >= 15 is 0 Å². The maximum absolute atomic E-state index is 6.22. The van der Waals surface area contributed by atoms with Gasteiger partial charge in [-0.2, -0.15) is 0 Å². The number of aromatic nitrogens is 3. The summed E-state index contributed by atoms with van der Waals surface area (Å²) in [7, 11) is 1.67. The van der Waals surface area contributed by atoms with Gasteiger partial charge in [-0.15, -0.1) is 5.10 Å². The molecule has 2 atom stereocenters. The lowest BCUT2D eigenvalue weighted by Crippen LogP contribution is -2.29. The van der Waals surface area contributed by atoms with Crippen molar-refractivity contribution in [3.63, 3.8) is 0 Å². The molecule has 0 aliphatic rings. The van der Waals surface area contributed by atoms with E-state index in [2.05, 4.69) is 10.3 Å². The average Bonchev–Trinajstić information content (AvgIpc) is 2.90.